The Kier molecular flexibility index (Phi) is 5.68. The lowest BCUT2D eigenvalue weighted by Crippen LogP contribution is -1.96. The number of aromatic nitrogens is 2. The number of benzene rings is 6. The van der Waals surface area contributed by atoms with Gasteiger partial charge in [-0.1, -0.05) is 115 Å². The van der Waals surface area contributed by atoms with Crippen LogP contribution in [0.1, 0.15) is 0 Å². The number of fused-ring (bicyclic) bond motifs is 6. The predicted octanol–water partition coefficient (Wildman–Crippen LogP) is 11.4. The van der Waals surface area contributed by atoms with E-state index >= 15 is 0 Å². The van der Waals surface area contributed by atoms with Crippen LogP contribution in [0, 0.1) is 0 Å². The summed E-state index contributed by atoms with van der Waals surface area (Å²) in [5, 5.41) is 4.73. The molecule has 0 aliphatic heterocycles. The SMILES string of the molecule is c1ccc(-c2cc(-c3cccc4sc5c(-c6ccc7c(c6)oc6ccccc67)cccc5c34)nc(-c3ccccc3)n2)cc1. The number of nitrogens with zero attached hydrogens (tertiary/aromatic N) is 2. The Bertz CT molecular complexity index is 2440. The van der Waals surface area contributed by atoms with Gasteiger partial charge in [0, 0.05) is 47.6 Å². The Morgan fingerprint density at radius 2 is 1.14 bits per heavy atom. The van der Waals surface area contributed by atoms with E-state index in [9.17, 15) is 0 Å². The second-order valence-corrected chi connectivity index (χ2v) is 12.0. The van der Waals surface area contributed by atoms with Gasteiger partial charge in [-0.2, -0.15) is 0 Å². The zero-order valence-electron chi connectivity index (χ0n) is 23.6. The Morgan fingerprint density at radius 1 is 0.455 bits per heavy atom. The van der Waals surface area contributed by atoms with Crippen molar-refractivity contribution < 1.29 is 4.42 Å². The van der Waals surface area contributed by atoms with Crippen molar-refractivity contribution in [3.8, 4) is 45.0 Å². The minimum atomic E-state index is 0.721. The van der Waals surface area contributed by atoms with Crippen LogP contribution in [0.4, 0.5) is 0 Å². The summed E-state index contributed by atoms with van der Waals surface area (Å²) >= 11 is 1.83. The van der Waals surface area contributed by atoms with Crippen molar-refractivity contribution in [2.45, 2.75) is 0 Å². The standard InChI is InChI=1S/C40H24N2OS/c1-3-11-25(12-4-1)33-24-34(42-40(41-33)26-13-5-2-6-14-26)31-17-10-20-37-38(31)32-18-9-16-28(39(32)44-37)27-21-22-30-29-15-7-8-19-35(29)43-36(30)23-27/h1-24H. The number of rotatable bonds is 4. The molecule has 3 heterocycles. The Labute approximate surface area is 257 Å². The molecule has 3 nitrogen and oxygen atoms in total. The summed E-state index contributed by atoms with van der Waals surface area (Å²) in [6, 6.07) is 50.7. The fourth-order valence-electron chi connectivity index (χ4n) is 6.24. The van der Waals surface area contributed by atoms with Crippen LogP contribution in [-0.4, -0.2) is 9.97 Å². The predicted molar refractivity (Wildman–Crippen MR) is 184 cm³/mol. The van der Waals surface area contributed by atoms with E-state index in [0.717, 1.165) is 61.4 Å². The van der Waals surface area contributed by atoms with Crippen LogP contribution in [0.2, 0.25) is 0 Å². The molecule has 0 aliphatic rings. The van der Waals surface area contributed by atoms with Crippen molar-refractivity contribution >= 4 is 53.4 Å². The molecule has 0 unspecified atom stereocenters. The first-order valence-electron chi connectivity index (χ1n) is 14.7. The van der Waals surface area contributed by atoms with Crippen molar-refractivity contribution in [2.24, 2.45) is 0 Å². The molecule has 0 N–H and O–H groups in total. The third-order valence-corrected chi connectivity index (χ3v) is 9.52. The third kappa shape index (κ3) is 4.03. The molecule has 0 radical (unpaired) electrons. The normalized spacial score (nSPS) is 11.6. The Morgan fingerprint density at radius 3 is 2.00 bits per heavy atom. The summed E-state index contributed by atoms with van der Waals surface area (Å²) in [4.78, 5) is 10.2. The van der Waals surface area contributed by atoms with E-state index in [1.165, 1.54) is 25.7 Å². The Hall–Kier alpha value is -5.58. The molecule has 6 aromatic carbocycles. The molecule has 0 amide bonds. The lowest BCUT2D eigenvalue weighted by Gasteiger charge is -2.10. The highest BCUT2D eigenvalue weighted by Crippen LogP contribution is 2.44. The van der Waals surface area contributed by atoms with Crippen LogP contribution in [-0.2, 0) is 0 Å². The summed E-state index contributed by atoms with van der Waals surface area (Å²) in [6.07, 6.45) is 0. The Balaban J connectivity index is 1.26. The lowest BCUT2D eigenvalue weighted by atomic mass is 9.98. The molecule has 0 aliphatic carbocycles. The summed E-state index contributed by atoms with van der Waals surface area (Å²) in [5.74, 6) is 0.721. The van der Waals surface area contributed by atoms with Gasteiger partial charge in [-0.3, -0.25) is 0 Å². The molecule has 44 heavy (non-hydrogen) atoms. The van der Waals surface area contributed by atoms with Crippen LogP contribution in [0.3, 0.4) is 0 Å². The molecule has 0 saturated heterocycles. The molecular formula is C40H24N2OS. The molecule has 9 rings (SSSR count). The number of hydrogen-bond acceptors (Lipinski definition) is 4. The van der Waals surface area contributed by atoms with Gasteiger partial charge in [-0.05, 0) is 41.5 Å². The van der Waals surface area contributed by atoms with Crippen LogP contribution >= 0.6 is 11.3 Å². The minimum absolute atomic E-state index is 0.721. The molecule has 0 atom stereocenters. The molecule has 0 spiro atoms. The lowest BCUT2D eigenvalue weighted by molar-refractivity contribution is 0.669. The van der Waals surface area contributed by atoms with Gasteiger partial charge in [0.05, 0.1) is 11.4 Å². The van der Waals surface area contributed by atoms with Crippen molar-refractivity contribution in [3.63, 3.8) is 0 Å². The van der Waals surface area contributed by atoms with Crippen LogP contribution in [0.15, 0.2) is 150 Å². The maximum absolute atomic E-state index is 6.25. The number of hydrogen-bond donors (Lipinski definition) is 0. The zero-order valence-corrected chi connectivity index (χ0v) is 24.4. The number of para-hydroxylation sites is 1. The molecule has 4 heteroatoms. The quantitative estimate of drug-likeness (QED) is 0.208. The van der Waals surface area contributed by atoms with Crippen LogP contribution in [0.5, 0.6) is 0 Å². The van der Waals surface area contributed by atoms with Gasteiger partial charge in [0.1, 0.15) is 11.2 Å². The van der Waals surface area contributed by atoms with Crippen molar-refractivity contribution in [1.29, 1.82) is 0 Å². The largest absolute Gasteiger partial charge is 0.456 e. The molecule has 0 fully saturated rings. The van der Waals surface area contributed by atoms with Gasteiger partial charge in [-0.15, -0.1) is 11.3 Å². The van der Waals surface area contributed by atoms with E-state index < -0.39 is 0 Å². The smallest absolute Gasteiger partial charge is 0.160 e. The van der Waals surface area contributed by atoms with Gasteiger partial charge in [0.2, 0.25) is 0 Å². The maximum atomic E-state index is 6.25. The van der Waals surface area contributed by atoms with Gasteiger partial charge in [0.15, 0.2) is 5.82 Å². The molecule has 206 valence electrons. The summed E-state index contributed by atoms with van der Waals surface area (Å²) in [6.45, 7) is 0. The summed E-state index contributed by atoms with van der Waals surface area (Å²) in [7, 11) is 0. The molecule has 3 aromatic heterocycles. The highest BCUT2D eigenvalue weighted by atomic mass is 32.1. The average molecular weight is 581 g/mol. The molecular weight excluding hydrogens is 557 g/mol. The van der Waals surface area contributed by atoms with Gasteiger partial charge in [0.25, 0.3) is 0 Å². The van der Waals surface area contributed by atoms with Gasteiger partial charge < -0.3 is 4.42 Å². The monoisotopic (exact) mass is 580 g/mol. The van der Waals surface area contributed by atoms with E-state index in [1.54, 1.807) is 0 Å². The van der Waals surface area contributed by atoms with E-state index in [2.05, 4.69) is 109 Å². The first-order chi connectivity index (χ1) is 21.8. The maximum Gasteiger partial charge on any atom is 0.160 e. The summed E-state index contributed by atoms with van der Waals surface area (Å²) < 4.78 is 8.73. The highest BCUT2D eigenvalue weighted by Gasteiger charge is 2.18. The van der Waals surface area contributed by atoms with Gasteiger partial charge >= 0.3 is 0 Å². The topological polar surface area (TPSA) is 38.9 Å². The number of thiophene rings is 1. The second kappa shape index (κ2) is 10.0. The summed E-state index contributed by atoms with van der Waals surface area (Å²) in [5.41, 5.74) is 9.17. The van der Waals surface area contributed by atoms with Crippen molar-refractivity contribution in [3.05, 3.63) is 146 Å². The van der Waals surface area contributed by atoms with Crippen molar-refractivity contribution in [2.75, 3.05) is 0 Å². The van der Waals surface area contributed by atoms with Gasteiger partial charge in [-0.25, -0.2) is 9.97 Å². The van der Waals surface area contributed by atoms with Crippen molar-refractivity contribution in [1.82, 2.24) is 9.97 Å². The first-order valence-corrected chi connectivity index (χ1v) is 15.5. The third-order valence-electron chi connectivity index (χ3n) is 8.32. The van der Waals surface area contributed by atoms with E-state index in [1.807, 2.05) is 47.7 Å². The second-order valence-electron chi connectivity index (χ2n) is 11.0. The fraction of sp³-hybridized carbons (Fsp3) is 0. The highest BCUT2D eigenvalue weighted by molar-refractivity contribution is 7.26. The minimum Gasteiger partial charge on any atom is -0.456 e. The molecule has 9 aromatic rings. The van der Waals surface area contributed by atoms with E-state index in [0.29, 0.717) is 0 Å². The molecule has 0 bridgehead atoms. The van der Waals surface area contributed by atoms with E-state index in [-0.39, 0.29) is 0 Å². The van der Waals surface area contributed by atoms with Crippen LogP contribution < -0.4 is 0 Å². The van der Waals surface area contributed by atoms with Crippen LogP contribution in [0.25, 0.3) is 87.1 Å². The average Bonchev–Trinajstić information content (AvgIpc) is 3.67. The van der Waals surface area contributed by atoms with E-state index in [4.69, 9.17) is 14.4 Å². The fourth-order valence-corrected chi connectivity index (χ4v) is 7.50. The molecule has 0 saturated carbocycles. The number of furan rings is 1. The first kappa shape index (κ1) is 25.0. The zero-order chi connectivity index (χ0) is 29.0.